The highest BCUT2D eigenvalue weighted by molar-refractivity contribution is 5.86. The van der Waals surface area contributed by atoms with Crippen molar-refractivity contribution in [3.05, 3.63) is 45.8 Å². The first kappa shape index (κ1) is 19.2. The predicted molar refractivity (Wildman–Crippen MR) is 94.7 cm³/mol. The minimum Gasteiger partial charge on any atom is -0.374 e. The van der Waals surface area contributed by atoms with Gasteiger partial charge in [-0.3, -0.25) is 20.2 Å². The van der Waals surface area contributed by atoms with Crippen LogP contribution in [0.5, 0.6) is 0 Å². The van der Waals surface area contributed by atoms with Crippen LogP contribution in [0.1, 0.15) is 25.2 Å². The number of nitrogens with one attached hydrogen (secondary N) is 2. The van der Waals surface area contributed by atoms with Crippen LogP contribution in [0.25, 0.3) is 0 Å². The Morgan fingerprint density at radius 3 is 2.65 bits per heavy atom. The van der Waals surface area contributed by atoms with Crippen molar-refractivity contribution in [2.75, 3.05) is 17.2 Å². The summed E-state index contributed by atoms with van der Waals surface area (Å²) in [5.74, 6) is 0.658. The molecule has 0 aliphatic rings. The number of para-hydroxylation sites is 1. The van der Waals surface area contributed by atoms with Crippen LogP contribution in [-0.2, 0) is 16.1 Å². The second-order valence-electron chi connectivity index (χ2n) is 5.66. The Morgan fingerprint density at radius 2 is 1.96 bits per heavy atom. The molecule has 1 atom stereocenters. The highest BCUT2D eigenvalue weighted by atomic mass is 16.6. The van der Waals surface area contributed by atoms with Gasteiger partial charge in [0.15, 0.2) is 0 Å². The van der Waals surface area contributed by atoms with E-state index in [0.717, 1.165) is 0 Å². The van der Waals surface area contributed by atoms with E-state index >= 15 is 0 Å². The van der Waals surface area contributed by atoms with Crippen LogP contribution >= 0.6 is 0 Å². The molecule has 138 valence electrons. The Kier molecular flexibility index (Phi) is 6.50. The lowest BCUT2D eigenvalue weighted by Gasteiger charge is -2.15. The molecular weight excluding hydrogens is 340 g/mol. The number of nitro groups is 1. The van der Waals surface area contributed by atoms with E-state index in [-0.39, 0.29) is 36.8 Å². The summed E-state index contributed by atoms with van der Waals surface area (Å²) in [6.07, 6.45) is 0. The first-order valence-corrected chi connectivity index (χ1v) is 7.92. The van der Waals surface area contributed by atoms with E-state index in [9.17, 15) is 14.9 Å². The molecule has 1 heterocycles. The Hall–Kier alpha value is -3.14. The van der Waals surface area contributed by atoms with Gasteiger partial charge >= 0.3 is 0 Å². The minimum absolute atomic E-state index is 0.0288. The molecule has 10 nitrogen and oxygen atoms in total. The number of carbonyl (C=O) groups excluding carboxylic acids is 1. The monoisotopic (exact) mass is 360 g/mol. The Bertz CT molecular complexity index is 798. The molecule has 0 spiro atoms. The van der Waals surface area contributed by atoms with E-state index in [4.69, 9.17) is 4.74 Å². The topological polar surface area (TPSA) is 132 Å². The van der Waals surface area contributed by atoms with Crippen molar-refractivity contribution in [2.24, 2.45) is 0 Å². The number of aryl methyl sites for hydroxylation is 1. The summed E-state index contributed by atoms with van der Waals surface area (Å²) in [6.45, 7) is 5.32. The van der Waals surface area contributed by atoms with Crippen molar-refractivity contribution in [1.82, 2.24) is 15.0 Å². The zero-order valence-electron chi connectivity index (χ0n) is 14.7. The maximum Gasteiger partial charge on any atom is 0.274 e. The number of carbonyl (C=O) groups is 1. The summed E-state index contributed by atoms with van der Waals surface area (Å²) in [5.41, 5.74) is 0.537. The van der Waals surface area contributed by atoms with Gasteiger partial charge < -0.3 is 10.1 Å². The van der Waals surface area contributed by atoms with Crippen LogP contribution in [0, 0.1) is 17.0 Å². The molecule has 1 amide bonds. The summed E-state index contributed by atoms with van der Waals surface area (Å²) in [4.78, 5) is 33.9. The number of aromatic nitrogens is 3. The third kappa shape index (κ3) is 5.74. The van der Waals surface area contributed by atoms with Crippen LogP contribution < -0.4 is 10.6 Å². The van der Waals surface area contributed by atoms with Gasteiger partial charge in [0.1, 0.15) is 5.82 Å². The molecule has 1 aromatic heterocycles. The van der Waals surface area contributed by atoms with Crippen molar-refractivity contribution in [3.8, 4) is 0 Å². The van der Waals surface area contributed by atoms with Crippen LogP contribution in [0.2, 0.25) is 0 Å². The van der Waals surface area contributed by atoms with Gasteiger partial charge in [0.25, 0.3) is 5.69 Å². The summed E-state index contributed by atoms with van der Waals surface area (Å²) < 4.78 is 5.56. The van der Waals surface area contributed by atoms with Crippen LogP contribution in [0.4, 0.5) is 17.6 Å². The molecule has 0 aliphatic carbocycles. The van der Waals surface area contributed by atoms with Gasteiger partial charge in [-0.05, 0) is 19.9 Å². The molecule has 0 bridgehead atoms. The van der Waals surface area contributed by atoms with Crippen molar-refractivity contribution in [2.45, 2.75) is 33.4 Å². The third-order valence-electron chi connectivity index (χ3n) is 3.22. The summed E-state index contributed by atoms with van der Waals surface area (Å²) in [7, 11) is 0. The number of hydrogen-bond acceptors (Lipinski definition) is 8. The Morgan fingerprint density at radius 1 is 1.27 bits per heavy atom. The van der Waals surface area contributed by atoms with Gasteiger partial charge in [-0.1, -0.05) is 12.1 Å². The molecule has 2 aromatic rings. The average Bonchev–Trinajstić information content (AvgIpc) is 2.53. The van der Waals surface area contributed by atoms with Crippen LogP contribution in [0.3, 0.4) is 0 Å². The van der Waals surface area contributed by atoms with Crippen molar-refractivity contribution in [1.29, 1.82) is 0 Å². The van der Waals surface area contributed by atoms with E-state index in [0.29, 0.717) is 17.3 Å². The van der Waals surface area contributed by atoms with Gasteiger partial charge in [-0.15, -0.1) is 0 Å². The fourth-order valence-corrected chi connectivity index (χ4v) is 2.18. The van der Waals surface area contributed by atoms with Crippen molar-refractivity contribution >= 4 is 23.5 Å². The molecule has 2 N–H and O–H groups in total. The van der Waals surface area contributed by atoms with Gasteiger partial charge in [0.2, 0.25) is 17.8 Å². The lowest BCUT2D eigenvalue weighted by Crippen LogP contribution is -2.24. The standard InChI is InChI=1S/C16H20N6O4/c1-10(8-26-9-13-6-4-5-7-14(13)22(24)25)17-15-18-11(2)19-16(21-15)20-12(3)23/h4-7,10H,8-9H2,1-3H3,(H2,17,18,19,20,21,23). The molecule has 2 rings (SSSR count). The zero-order chi connectivity index (χ0) is 19.1. The number of anilines is 2. The molecule has 0 saturated carbocycles. The summed E-state index contributed by atoms with van der Waals surface area (Å²) in [6, 6.07) is 6.28. The van der Waals surface area contributed by atoms with Crippen molar-refractivity contribution in [3.63, 3.8) is 0 Å². The number of benzene rings is 1. The van der Waals surface area contributed by atoms with Gasteiger partial charge in [-0.25, -0.2) is 0 Å². The summed E-state index contributed by atoms with van der Waals surface area (Å²) in [5, 5.41) is 16.5. The molecule has 26 heavy (non-hydrogen) atoms. The first-order valence-electron chi connectivity index (χ1n) is 7.92. The van der Waals surface area contributed by atoms with Gasteiger partial charge in [-0.2, -0.15) is 15.0 Å². The van der Waals surface area contributed by atoms with E-state index in [2.05, 4.69) is 25.6 Å². The number of rotatable bonds is 8. The lowest BCUT2D eigenvalue weighted by molar-refractivity contribution is -0.385. The van der Waals surface area contributed by atoms with Crippen LogP contribution in [-0.4, -0.2) is 38.4 Å². The lowest BCUT2D eigenvalue weighted by atomic mass is 10.2. The molecule has 0 aliphatic heterocycles. The molecule has 0 radical (unpaired) electrons. The number of amides is 1. The predicted octanol–water partition coefficient (Wildman–Crippen LogP) is 2.06. The number of nitrogens with zero attached hydrogens (tertiary/aromatic N) is 4. The van der Waals surface area contributed by atoms with Gasteiger partial charge in [0, 0.05) is 19.0 Å². The van der Waals surface area contributed by atoms with Gasteiger partial charge in [0.05, 0.1) is 23.7 Å². The number of ether oxygens (including phenoxy) is 1. The molecule has 1 aromatic carbocycles. The Labute approximate surface area is 150 Å². The second kappa shape index (κ2) is 8.81. The Balaban J connectivity index is 1.91. The quantitative estimate of drug-likeness (QED) is 0.540. The molecular formula is C16H20N6O4. The van der Waals surface area contributed by atoms with E-state index in [1.807, 2.05) is 6.92 Å². The first-order chi connectivity index (χ1) is 12.3. The SMILES string of the molecule is CC(=O)Nc1nc(C)nc(NC(C)COCc2ccccc2[N+](=O)[O-])n1. The third-order valence-corrected chi connectivity index (χ3v) is 3.22. The number of hydrogen-bond donors (Lipinski definition) is 2. The molecule has 0 fully saturated rings. The highest BCUT2D eigenvalue weighted by Gasteiger charge is 2.13. The van der Waals surface area contributed by atoms with Crippen molar-refractivity contribution < 1.29 is 14.5 Å². The zero-order valence-corrected chi connectivity index (χ0v) is 14.7. The van der Waals surface area contributed by atoms with E-state index in [1.165, 1.54) is 13.0 Å². The van der Waals surface area contributed by atoms with E-state index < -0.39 is 4.92 Å². The normalized spacial score (nSPS) is 11.7. The largest absolute Gasteiger partial charge is 0.374 e. The fraction of sp³-hybridized carbons (Fsp3) is 0.375. The minimum atomic E-state index is -0.433. The maximum atomic E-state index is 11.1. The number of nitro benzene ring substituents is 1. The van der Waals surface area contributed by atoms with E-state index in [1.54, 1.807) is 25.1 Å². The highest BCUT2D eigenvalue weighted by Crippen LogP contribution is 2.18. The average molecular weight is 360 g/mol. The molecule has 0 saturated heterocycles. The summed E-state index contributed by atoms with van der Waals surface area (Å²) >= 11 is 0. The molecule has 10 heteroatoms. The smallest absolute Gasteiger partial charge is 0.274 e. The van der Waals surface area contributed by atoms with Crippen LogP contribution in [0.15, 0.2) is 24.3 Å². The maximum absolute atomic E-state index is 11.1. The molecule has 1 unspecified atom stereocenters. The second-order valence-corrected chi connectivity index (χ2v) is 5.66. The fourth-order valence-electron chi connectivity index (χ4n) is 2.18.